The minimum absolute atomic E-state index is 0.0813. The van der Waals surface area contributed by atoms with Gasteiger partial charge in [-0.15, -0.1) is 0 Å². The molecule has 1 aromatic rings. The van der Waals surface area contributed by atoms with E-state index >= 15 is 0 Å². The summed E-state index contributed by atoms with van der Waals surface area (Å²) >= 11 is 0. The molecule has 0 bridgehead atoms. The Morgan fingerprint density at radius 3 is 2.80 bits per heavy atom. The van der Waals surface area contributed by atoms with Crippen LogP contribution in [-0.4, -0.2) is 17.2 Å². The van der Waals surface area contributed by atoms with E-state index in [1.165, 1.54) is 0 Å². The van der Waals surface area contributed by atoms with Gasteiger partial charge in [0.05, 0.1) is 37.1 Å². The average molecular weight is 214 g/mol. The fourth-order valence-corrected chi connectivity index (χ4v) is 1.19. The first kappa shape index (κ1) is 11.2. The third-order valence-electron chi connectivity index (χ3n) is 1.80. The van der Waals surface area contributed by atoms with Gasteiger partial charge in [-0.25, -0.2) is 8.78 Å². The zero-order chi connectivity index (χ0) is 11.4. The molecule has 15 heavy (non-hydrogen) atoms. The second-order valence-electron chi connectivity index (χ2n) is 2.67. The van der Waals surface area contributed by atoms with Gasteiger partial charge in [-0.3, -0.25) is 4.98 Å². The van der Waals surface area contributed by atoms with E-state index in [4.69, 9.17) is 5.26 Å². The Kier molecular flexibility index (Phi) is 3.39. The Morgan fingerprint density at radius 1 is 1.67 bits per heavy atom. The topological polar surface area (TPSA) is 66.1 Å². The van der Waals surface area contributed by atoms with Crippen LogP contribution in [0.5, 0.6) is 11.5 Å². The molecular formula is C9H8F2N2O2. The highest BCUT2D eigenvalue weighted by atomic mass is 19.3. The lowest BCUT2D eigenvalue weighted by molar-refractivity contribution is 0.144. The molecule has 0 unspecified atom stereocenters. The number of methoxy groups -OCH3 is 1. The van der Waals surface area contributed by atoms with E-state index in [9.17, 15) is 13.9 Å². The zero-order valence-electron chi connectivity index (χ0n) is 7.87. The molecule has 0 radical (unpaired) electrons. The van der Waals surface area contributed by atoms with Crippen molar-refractivity contribution < 1.29 is 18.6 Å². The summed E-state index contributed by atoms with van der Waals surface area (Å²) in [5.74, 6) is -0.792. The van der Waals surface area contributed by atoms with Crippen LogP contribution in [0.1, 0.15) is 17.7 Å². The maximum Gasteiger partial charge on any atom is 0.269 e. The molecule has 0 atom stereocenters. The smallest absolute Gasteiger partial charge is 0.269 e. The monoisotopic (exact) mass is 214 g/mol. The van der Waals surface area contributed by atoms with Crippen molar-refractivity contribution in [3.8, 4) is 17.6 Å². The third-order valence-corrected chi connectivity index (χ3v) is 1.80. The molecular weight excluding hydrogens is 206 g/mol. The Balaban J connectivity index is 3.36. The highest BCUT2D eigenvalue weighted by Crippen LogP contribution is 2.37. The molecule has 0 saturated carbocycles. The van der Waals surface area contributed by atoms with Crippen molar-refractivity contribution in [1.82, 2.24) is 4.98 Å². The summed E-state index contributed by atoms with van der Waals surface area (Å²) in [7, 11) is 1.16. The van der Waals surface area contributed by atoms with Crippen molar-refractivity contribution in [2.45, 2.75) is 12.8 Å². The lowest BCUT2D eigenvalue weighted by atomic mass is 10.1. The van der Waals surface area contributed by atoms with Crippen LogP contribution in [-0.2, 0) is 6.42 Å². The van der Waals surface area contributed by atoms with Gasteiger partial charge in [0.15, 0.2) is 11.5 Å². The van der Waals surface area contributed by atoms with Gasteiger partial charge in [-0.05, 0) is 0 Å². The van der Waals surface area contributed by atoms with Crippen LogP contribution < -0.4 is 4.74 Å². The third kappa shape index (κ3) is 2.13. The summed E-state index contributed by atoms with van der Waals surface area (Å²) in [4.78, 5) is 3.57. The van der Waals surface area contributed by atoms with Crippen molar-refractivity contribution in [3.05, 3.63) is 17.5 Å². The molecule has 80 valence electrons. The molecule has 4 nitrogen and oxygen atoms in total. The van der Waals surface area contributed by atoms with E-state index < -0.39 is 17.7 Å². The normalized spacial score (nSPS) is 10.1. The first-order valence-electron chi connectivity index (χ1n) is 4.01. The van der Waals surface area contributed by atoms with Gasteiger partial charge in [-0.1, -0.05) is 0 Å². The van der Waals surface area contributed by atoms with Crippen molar-refractivity contribution in [1.29, 1.82) is 5.26 Å². The molecule has 0 saturated heterocycles. The number of hydrogen-bond donors (Lipinski definition) is 1. The first-order valence-corrected chi connectivity index (χ1v) is 4.01. The van der Waals surface area contributed by atoms with Crippen LogP contribution in [0.25, 0.3) is 0 Å². The summed E-state index contributed by atoms with van der Waals surface area (Å²) in [6.07, 6.45) is -2.11. The van der Waals surface area contributed by atoms with Crippen LogP contribution in [0.15, 0.2) is 6.20 Å². The van der Waals surface area contributed by atoms with Crippen LogP contribution in [0.3, 0.4) is 0 Å². The Morgan fingerprint density at radius 2 is 2.33 bits per heavy atom. The van der Waals surface area contributed by atoms with Crippen LogP contribution >= 0.6 is 0 Å². The molecule has 1 rings (SSSR count). The molecule has 0 aromatic carbocycles. The highest BCUT2D eigenvalue weighted by Gasteiger charge is 2.22. The molecule has 0 aliphatic carbocycles. The molecule has 0 aliphatic rings. The molecule has 0 spiro atoms. The van der Waals surface area contributed by atoms with Gasteiger partial charge in [0, 0.05) is 0 Å². The van der Waals surface area contributed by atoms with Crippen molar-refractivity contribution in [2.75, 3.05) is 7.11 Å². The van der Waals surface area contributed by atoms with Crippen molar-refractivity contribution in [3.63, 3.8) is 0 Å². The Labute approximate surface area is 84.7 Å². The maximum absolute atomic E-state index is 12.6. The Hall–Kier alpha value is -1.90. The summed E-state index contributed by atoms with van der Waals surface area (Å²) in [5, 5.41) is 17.6. The predicted molar refractivity (Wildman–Crippen MR) is 46.7 cm³/mol. The molecule has 0 aliphatic heterocycles. The SMILES string of the molecule is COc1c(O)cnc(CC#N)c1C(F)F. The van der Waals surface area contributed by atoms with Gasteiger partial charge < -0.3 is 9.84 Å². The van der Waals surface area contributed by atoms with Crippen molar-refractivity contribution in [2.24, 2.45) is 0 Å². The number of nitrogens with zero attached hydrogens (tertiary/aromatic N) is 2. The van der Waals surface area contributed by atoms with E-state index in [0.29, 0.717) is 0 Å². The number of rotatable bonds is 3. The largest absolute Gasteiger partial charge is 0.503 e. The molecule has 1 N–H and O–H groups in total. The van der Waals surface area contributed by atoms with Gasteiger partial charge in [0.1, 0.15) is 0 Å². The predicted octanol–water partition coefficient (Wildman–Crippen LogP) is 1.80. The Bertz CT molecular complexity index is 402. The van der Waals surface area contributed by atoms with Gasteiger partial charge >= 0.3 is 0 Å². The molecule has 1 aromatic heterocycles. The number of pyridine rings is 1. The number of hydrogen-bond acceptors (Lipinski definition) is 4. The van der Waals surface area contributed by atoms with E-state index in [0.717, 1.165) is 13.3 Å². The molecule has 0 fully saturated rings. The quantitative estimate of drug-likeness (QED) is 0.833. The standard InChI is InChI=1S/C9H8F2N2O2/c1-15-8-6(14)4-13-5(2-3-12)7(8)9(10)11/h4,9,14H,2H2,1H3. The zero-order valence-corrected chi connectivity index (χ0v) is 7.87. The lowest BCUT2D eigenvalue weighted by Crippen LogP contribution is -2.01. The van der Waals surface area contributed by atoms with Gasteiger partial charge in [0.2, 0.25) is 0 Å². The summed E-state index contributed by atoms with van der Waals surface area (Å²) < 4.78 is 29.9. The van der Waals surface area contributed by atoms with Crippen LogP contribution in [0.2, 0.25) is 0 Å². The number of aromatic nitrogens is 1. The van der Waals surface area contributed by atoms with E-state index in [2.05, 4.69) is 9.72 Å². The molecule has 6 heteroatoms. The molecule has 0 amide bonds. The second-order valence-corrected chi connectivity index (χ2v) is 2.67. The first-order chi connectivity index (χ1) is 7.11. The summed E-state index contributed by atoms with van der Waals surface area (Å²) in [5.41, 5.74) is -0.610. The fraction of sp³-hybridized carbons (Fsp3) is 0.333. The number of halogens is 2. The maximum atomic E-state index is 12.6. The number of ether oxygens (including phenoxy) is 1. The minimum Gasteiger partial charge on any atom is -0.503 e. The summed E-state index contributed by atoms with van der Waals surface area (Å²) in [6.45, 7) is 0. The van der Waals surface area contributed by atoms with E-state index in [-0.39, 0.29) is 17.9 Å². The number of aromatic hydroxyl groups is 1. The highest BCUT2D eigenvalue weighted by molar-refractivity contribution is 5.47. The van der Waals surface area contributed by atoms with E-state index in [1.54, 1.807) is 6.07 Å². The molecule has 1 heterocycles. The summed E-state index contributed by atoms with van der Waals surface area (Å²) in [6, 6.07) is 1.72. The van der Waals surface area contributed by atoms with Crippen LogP contribution in [0.4, 0.5) is 8.78 Å². The van der Waals surface area contributed by atoms with Crippen molar-refractivity contribution >= 4 is 0 Å². The van der Waals surface area contributed by atoms with Crippen LogP contribution in [0, 0.1) is 11.3 Å². The van der Waals surface area contributed by atoms with Gasteiger partial charge in [0.25, 0.3) is 6.43 Å². The second kappa shape index (κ2) is 4.55. The number of nitriles is 1. The average Bonchev–Trinajstić information content (AvgIpc) is 2.20. The van der Waals surface area contributed by atoms with E-state index in [1.807, 2.05) is 0 Å². The van der Waals surface area contributed by atoms with Gasteiger partial charge in [-0.2, -0.15) is 5.26 Å². The minimum atomic E-state index is -2.84. The number of alkyl halides is 2. The fourth-order valence-electron chi connectivity index (χ4n) is 1.19. The lowest BCUT2D eigenvalue weighted by Gasteiger charge is -2.11.